The highest BCUT2D eigenvalue weighted by Crippen LogP contribution is 2.29. The monoisotopic (exact) mass is 249 g/mol. The Morgan fingerprint density at radius 1 is 1.56 bits per heavy atom. The summed E-state index contributed by atoms with van der Waals surface area (Å²) < 4.78 is 5.18. The number of hydrogen-bond donors (Lipinski definition) is 1. The van der Waals surface area contributed by atoms with Gasteiger partial charge < -0.3 is 14.7 Å². The minimum atomic E-state index is -0.895. The average Bonchev–Trinajstić information content (AvgIpc) is 2.75. The summed E-state index contributed by atoms with van der Waals surface area (Å²) in [6.45, 7) is 3.68. The van der Waals surface area contributed by atoms with Gasteiger partial charge in [-0.15, -0.1) is 0 Å². The van der Waals surface area contributed by atoms with Gasteiger partial charge in [-0.1, -0.05) is 0 Å². The third-order valence-electron chi connectivity index (χ3n) is 3.49. The van der Waals surface area contributed by atoms with Gasteiger partial charge in [0.25, 0.3) is 0 Å². The van der Waals surface area contributed by atoms with E-state index in [0.29, 0.717) is 18.2 Å². The van der Waals surface area contributed by atoms with Gasteiger partial charge in [-0.2, -0.15) is 0 Å². The average molecular weight is 249 g/mol. The van der Waals surface area contributed by atoms with Crippen LogP contribution in [0.15, 0.2) is 18.2 Å². The van der Waals surface area contributed by atoms with E-state index >= 15 is 0 Å². The van der Waals surface area contributed by atoms with Crippen molar-refractivity contribution in [3.05, 3.63) is 29.3 Å². The van der Waals surface area contributed by atoms with E-state index in [1.165, 1.54) is 12.8 Å². The molecular weight excluding hydrogens is 230 g/mol. The quantitative estimate of drug-likeness (QED) is 0.890. The highest BCUT2D eigenvalue weighted by molar-refractivity contribution is 5.88. The van der Waals surface area contributed by atoms with Gasteiger partial charge in [-0.25, -0.2) is 4.79 Å². The number of rotatable bonds is 4. The fourth-order valence-electron chi connectivity index (χ4n) is 2.56. The van der Waals surface area contributed by atoms with Gasteiger partial charge in [-0.3, -0.25) is 0 Å². The third kappa shape index (κ3) is 2.48. The summed E-state index contributed by atoms with van der Waals surface area (Å²) in [7, 11) is 1.63. The van der Waals surface area contributed by atoms with Gasteiger partial charge >= 0.3 is 5.97 Å². The van der Waals surface area contributed by atoms with E-state index in [9.17, 15) is 4.79 Å². The SMILES string of the molecule is COCc1cc(C(=O)O)ccc1N1CCC[C@@H]1C. The summed E-state index contributed by atoms with van der Waals surface area (Å²) in [4.78, 5) is 13.3. The zero-order chi connectivity index (χ0) is 13.1. The first-order valence-electron chi connectivity index (χ1n) is 6.25. The predicted octanol–water partition coefficient (Wildman–Crippen LogP) is 2.52. The summed E-state index contributed by atoms with van der Waals surface area (Å²) in [5.74, 6) is -0.895. The summed E-state index contributed by atoms with van der Waals surface area (Å²) in [5.41, 5.74) is 2.37. The van der Waals surface area contributed by atoms with Gasteiger partial charge in [0.15, 0.2) is 0 Å². The summed E-state index contributed by atoms with van der Waals surface area (Å²) >= 11 is 0. The topological polar surface area (TPSA) is 49.8 Å². The second-order valence-corrected chi connectivity index (χ2v) is 4.77. The lowest BCUT2D eigenvalue weighted by molar-refractivity contribution is 0.0696. The summed E-state index contributed by atoms with van der Waals surface area (Å²) in [6.07, 6.45) is 2.38. The van der Waals surface area contributed by atoms with Crippen LogP contribution in [0.3, 0.4) is 0 Å². The van der Waals surface area contributed by atoms with E-state index in [0.717, 1.165) is 17.8 Å². The van der Waals surface area contributed by atoms with Crippen molar-refractivity contribution in [1.29, 1.82) is 0 Å². The Balaban J connectivity index is 2.36. The van der Waals surface area contributed by atoms with Crippen molar-refractivity contribution >= 4 is 11.7 Å². The molecule has 1 N–H and O–H groups in total. The van der Waals surface area contributed by atoms with Crippen LogP contribution in [0.1, 0.15) is 35.7 Å². The molecule has 4 heteroatoms. The van der Waals surface area contributed by atoms with Crippen LogP contribution in [0, 0.1) is 0 Å². The van der Waals surface area contributed by atoms with Crippen LogP contribution in [0.5, 0.6) is 0 Å². The van der Waals surface area contributed by atoms with Crippen molar-refractivity contribution in [2.24, 2.45) is 0 Å². The number of ether oxygens (including phenoxy) is 1. The molecular formula is C14H19NO3. The van der Waals surface area contributed by atoms with Gasteiger partial charge in [-0.05, 0) is 38.0 Å². The normalized spacial score (nSPS) is 19.2. The Bertz CT molecular complexity index is 445. The molecule has 0 spiro atoms. The van der Waals surface area contributed by atoms with Crippen molar-refractivity contribution in [1.82, 2.24) is 0 Å². The maximum atomic E-state index is 11.0. The minimum absolute atomic E-state index is 0.317. The van der Waals surface area contributed by atoms with Crippen LogP contribution in [0.4, 0.5) is 5.69 Å². The molecule has 0 bridgehead atoms. The van der Waals surface area contributed by atoms with E-state index in [1.54, 1.807) is 19.2 Å². The number of nitrogens with zero attached hydrogens (tertiary/aromatic N) is 1. The number of aromatic carboxylic acids is 1. The smallest absolute Gasteiger partial charge is 0.335 e. The van der Waals surface area contributed by atoms with Crippen LogP contribution in [0.2, 0.25) is 0 Å². The Labute approximate surface area is 107 Å². The lowest BCUT2D eigenvalue weighted by Gasteiger charge is -2.26. The zero-order valence-electron chi connectivity index (χ0n) is 10.8. The van der Waals surface area contributed by atoms with Crippen molar-refractivity contribution in [3.63, 3.8) is 0 Å². The standard InChI is InChI=1S/C14H19NO3/c1-10-4-3-7-15(10)13-6-5-11(14(16)17)8-12(13)9-18-2/h5-6,8,10H,3-4,7,9H2,1-2H3,(H,16,17)/t10-/m0/s1. The lowest BCUT2D eigenvalue weighted by atomic mass is 10.1. The van der Waals surface area contributed by atoms with Crippen molar-refractivity contribution in [2.45, 2.75) is 32.4 Å². The molecule has 1 saturated heterocycles. The van der Waals surface area contributed by atoms with E-state index in [4.69, 9.17) is 9.84 Å². The molecule has 2 rings (SSSR count). The van der Waals surface area contributed by atoms with Crippen LogP contribution in [0.25, 0.3) is 0 Å². The van der Waals surface area contributed by atoms with Gasteiger partial charge in [0.2, 0.25) is 0 Å². The van der Waals surface area contributed by atoms with E-state index in [2.05, 4.69) is 11.8 Å². The number of anilines is 1. The number of methoxy groups -OCH3 is 1. The minimum Gasteiger partial charge on any atom is -0.478 e. The molecule has 0 radical (unpaired) electrons. The first-order chi connectivity index (χ1) is 8.63. The Kier molecular flexibility index (Phi) is 3.87. The molecule has 0 aromatic heterocycles. The van der Waals surface area contributed by atoms with E-state index in [-0.39, 0.29) is 0 Å². The zero-order valence-corrected chi connectivity index (χ0v) is 10.8. The highest BCUT2D eigenvalue weighted by atomic mass is 16.5. The van der Waals surface area contributed by atoms with Crippen molar-refractivity contribution in [3.8, 4) is 0 Å². The van der Waals surface area contributed by atoms with Crippen LogP contribution < -0.4 is 4.90 Å². The van der Waals surface area contributed by atoms with Crippen LogP contribution in [-0.2, 0) is 11.3 Å². The predicted molar refractivity (Wildman–Crippen MR) is 70.2 cm³/mol. The molecule has 0 unspecified atom stereocenters. The van der Waals surface area contributed by atoms with Gasteiger partial charge in [0, 0.05) is 30.9 Å². The highest BCUT2D eigenvalue weighted by Gasteiger charge is 2.23. The molecule has 1 heterocycles. The Hall–Kier alpha value is -1.55. The molecule has 1 fully saturated rings. The fraction of sp³-hybridized carbons (Fsp3) is 0.500. The number of benzene rings is 1. The first kappa shape index (κ1) is 12.9. The maximum Gasteiger partial charge on any atom is 0.335 e. The maximum absolute atomic E-state index is 11.0. The Morgan fingerprint density at radius 3 is 2.89 bits per heavy atom. The van der Waals surface area contributed by atoms with Crippen LogP contribution >= 0.6 is 0 Å². The van der Waals surface area contributed by atoms with E-state index in [1.807, 2.05) is 6.07 Å². The molecule has 1 aliphatic heterocycles. The van der Waals surface area contributed by atoms with Crippen LogP contribution in [-0.4, -0.2) is 30.8 Å². The number of carboxylic acid groups (broad SMARTS) is 1. The second kappa shape index (κ2) is 5.40. The largest absolute Gasteiger partial charge is 0.478 e. The fourth-order valence-corrected chi connectivity index (χ4v) is 2.56. The van der Waals surface area contributed by atoms with Gasteiger partial charge in [0.05, 0.1) is 12.2 Å². The Morgan fingerprint density at radius 2 is 2.33 bits per heavy atom. The summed E-state index contributed by atoms with van der Waals surface area (Å²) in [6, 6.07) is 5.80. The van der Waals surface area contributed by atoms with E-state index < -0.39 is 5.97 Å². The third-order valence-corrected chi connectivity index (χ3v) is 3.49. The van der Waals surface area contributed by atoms with Gasteiger partial charge in [0.1, 0.15) is 0 Å². The summed E-state index contributed by atoms with van der Waals surface area (Å²) in [5, 5.41) is 9.03. The van der Waals surface area contributed by atoms with Crippen molar-refractivity contribution in [2.75, 3.05) is 18.6 Å². The number of carboxylic acids is 1. The molecule has 18 heavy (non-hydrogen) atoms. The molecule has 0 aliphatic carbocycles. The molecule has 1 atom stereocenters. The first-order valence-corrected chi connectivity index (χ1v) is 6.25. The lowest BCUT2D eigenvalue weighted by Crippen LogP contribution is -2.27. The van der Waals surface area contributed by atoms with Crippen molar-refractivity contribution < 1.29 is 14.6 Å². The molecule has 1 aromatic rings. The molecule has 0 amide bonds. The molecule has 98 valence electrons. The number of hydrogen-bond acceptors (Lipinski definition) is 3. The molecule has 1 aromatic carbocycles. The molecule has 1 aliphatic rings. The second-order valence-electron chi connectivity index (χ2n) is 4.77. The number of carbonyl (C=O) groups is 1. The molecule has 4 nitrogen and oxygen atoms in total. The molecule has 0 saturated carbocycles.